The number of aliphatic hydroxyl groups is 1. The van der Waals surface area contributed by atoms with E-state index in [9.17, 15) is 43.2 Å². The molecule has 0 aliphatic carbocycles. The molecule has 0 saturated carbocycles. The van der Waals surface area contributed by atoms with Crippen LogP contribution in [-0.4, -0.2) is 96.7 Å². The average molecular weight is 1270 g/mol. The molecule has 510 valence electrons. The van der Waals surface area contributed by atoms with Crippen LogP contribution in [0.3, 0.4) is 0 Å². The fourth-order valence-electron chi connectivity index (χ4n) is 10.0. The van der Waals surface area contributed by atoms with E-state index in [1.165, 1.54) is 148 Å². The van der Waals surface area contributed by atoms with Crippen molar-refractivity contribution in [3.63, 3.8) is 0 Å². The van der Waals surface area contributed by atoms with Gasteiger partial charge in [0.2, 0.25) is 0 Å². The Balaban J connectivity index is 5.18. The summed E-state index contributed by atoms with van der Waals surface area (Å²) >= 11 is 0. The van der Waals surface area contributed by atoms with E-state index in [1.54, 1.807) is 0 Å². The lowest BCUT2D eigenvalue weighted by atomic mass is 9.99. The number of carbonyl (C=O) groups excluding carboxylic acids is 4. The van der Waals surface area contributed by atoms with Crippen molar-refractivity contribution < 1.29 is 80.2 Å². The molecule has 0 aliphatic heterocycles. The van der Waals surface area contributed by atoms with E-state index in [-0.39, 0.29) is 25.7 Å². The molecule has 6 atom stereocenters. The minimum absolute atomic E-state index is 0.104. The highest BCUT2D eigenvalue weighted by Crippen LogP contribution is 2.45. The number of phosphoric acid groups is 2. The van der Waals surface area contributed by atoms with Crippen LogP contribution in [0.4, 0.5) is 0 Å². The number of phosphoric ester groups is 2. The highest BCUT2D eigenvalue weighted by atomic mass is 31.2. The largest absolute Gasteiger partial charge is 0.472 e. The highest BCUT2D eigenvalue weighted by molar-refractivity contribution is 7.47. The molecule has 0 saturated heterocycles. The van der Waals surface area contributed by atoms with Crippen molar-refractivity contribution in [2.45, 2.75) is 355 Å². The fraction of sp³-hybridized carbons (Fsp3) is 0.940. The molecule has 0 bridgehead atoms. The summed E-state index contributed by atoms with van der Waals surface area (Å²) in [7, 11) is -9.89. The number of rotatable bonds is 66. The predicted octanol–water partition coefficient (Wildman–Crippen LogP) is 18.8. The second kappa shape index (κ2) is 59.4. The van der Waals surface area contributed by atoms with Crippen LogP contribution in [0.15, 0.2) is 0 Å². The molecule has 0 aromatic rings. The minimum Gasteiger partial charge on any atom is -0.462 e. The van der Waals surface area contributed by atoms with Gasteiger partial charge in [-0.15, -0.1) is 0 Å². The van der Waals surface area contributed by atoms with Crippen molar-refractivity contribution in [2.24, 2.45) is 11.8 Å². The van der Waals surface area contributed by atoms with Crippen molar-refractivity contribution in [3.8, 4) is 0 Å². The smallest absolute Gasteiger partial charge is 0.462 e. The molecule has 0 radical (unpaired) electrons. The molecule has 0 spiro atoms. The molecule has 0 aromatic heterocycles. The summed E-state index contributed by atoms with van der Waals surface area (Å²) in [5, 5.41) is 10.5. The van der Waals surface area contributed by atoms with E-state index < -0.39 is 97.5 Å². The van der Waals surface area contributed by atoms with E-state index in [0.29, 0.717) is 25.7 Å². The summed E-state index contributed by atoms with van der Waals surface area (Å²) in [6, 6.07) is 0. The summed E-state index contributed by atoms with van der Waals surface area (Å²) in [5.41, 5.74) is 0. The lowest BCUT2D eigenvalue weighted by molar-refractivity contribution is -0.161. The number of unbranched alkanes of at least 4 members (excludes halogenated alkanes) is 35. The van der Waals surface area contributed by atoms with Gasteiger partial charge < -0.3 is 33.8 Å². The Morgan fingerprint density at radius 1 is 0.337 bits per heavy atom. The first-order valence-corrected chi connectivity index (χ1v) is 38.0. The zero-order chi connectivity index (χ0) is 63.6. The third kappa shape index (κ3) is 59.7. The van der Waals surface area contributed by atoms with E-state index in [2.05, 4.69) is 41.5 Å². The highest BCUT2D eigenvalue weighted by Gasteiger charge is 2.30. The molecule has 17 nitrogen and oxygen atoms in total. The van der Waals surface area contributed by atoms with Gasteiger partial charge in [-0.25, -0.2) is 9.13 Å². The molecule has 0 aromatic carbocycles. The lowest BCUT2D eigenvalue weighted by Crippen LogP contribution is -2.30. The standard InChI is InChI=1S/C67H130O17P2/c1-7-10-12-14-15-16-17-18-19-20-21-22-27-33-39-45-51-66(71)84-63(56-78-65(70)50-44-38-32-26-24-23-25-30-36-41-47-59(4)5)58-82-86(75,76)80-54-61(68)53-79-85(73,74)81-57-62(55-77-64(69)49-43-35-13-11-8-2)83-67(72)52-46-40-34-29-28-31-37-42-48-60(6)9-3/h59-63,68H,7-58H2,1-6H3,(H,73,74)(H,75,76)/t60?,61-,62+,63+/m0/s1. The molecule has 3 N–H and O–H groups in total. The van der Waals surface area contributed by atoms with Crippen LogP contribution in [0.25, 0.3) is 0 Å². The monoisotopic (exact) mass is 1270 g/mol. The van der Waals surface area contributed by atoms with Gasteiger partial charge >= 0.3 is 39.5 Å². The topological polar surface area (TPSA) is 237 Å². The van der Waals surface area contributed by atoms with Gasteiger partial charge in [-0.3, -0.25) is 37.3 Å². The summed E-state index contributed by atoms with van der Waals surface area (Å²) < 4.78 is 68.0. The normalized spacial score (nSPS) is 14.5. The maximum Gasteiger partial charge on any atom is 0.472 e. The first kappa shape index (κ1) is 84.1. The molecule has 0 rings (SSSR count). The maximum atomic E-state index is 13.0. The van der Waals surface area contributed by atoms with Crippen molar-refractivity contribution in [2.75, 3.05) is 39.6 Å². The summed E-state index contributed by atoms with van der Waals surface area (Å²) in [6.45, 7) is 9.43. The van der Waals surface area contributed by atoms with Gasteiger partial charge in [0.05, 0.1) is 26.4 Å². The van der Waals surface area contributed by atoms with Gasteiger partial charge in [0.15, 0.2) is 12.2 Å². The van der Waals surface area contributed by atoms with Crippen LogP contribution in [0, 0.1) is 11.8 Å². The molecule has 0 amide bonds. The number of ether oxygens (including phenoxy) is 4. The molecule has 19 heteroatoms. The van der Waals surface area contributed by atoms with Crippen molar-refractivity contribution in [3.05, 3.63) is 0 Å². The lowest BCUT2D eigenvalue weighted by Gasteiger charge is -2.21. The van der Waals surface area contributed by atoms with Gasteiger partial charge in [0, 0.05) is 25.7 Å². The van der Waals surface area contributed by atoms with E-state index >= 15 is 0 Å². The molecule has 0 aliphatic rings. The van der Waals surface area contributed by atoms with Crippen LogP contribution >= 0.6 is 15.6 Å². The molecule has 3 unspecified atom stereocenters. The first-order chi connectivity index (χ1) is 41.4. The van der Waals surface area contributed by atoms with E-state index in [0.717, 1.165) is 108 Å². The Bertz CT molecular complexity index is 1690. The Labute approximate surface area is 524 Å². The second-order valence-electron chi connectivity index (χ2n) is 24.9. The molecular weight excluding hydrogens is 1140 g/mol. The summed E-state index contributed by atoms with van der Waals surface area (Å²) in [4.78, 5) is 72.1. The molecular formula is C67H130O17P2. The van der Waals surface area contributed by atoms with Crippen LogP contribution in [-0.2, 0) is 65.4 Å². The van der Waals surface area contributed by atoms with Crippen LogP contribution in [0.5, 0.6) is 0 Å². The van der Waals surface area contributed by atoms with Crippen LogP contribution in [0.1, 0.15) is 337 Å². The van der Waals surface area contributed by atoms with Crippen molar-refractivity contribution in [1.82, 2.24) is 0 Å². The summed E-state index contributed by atoms with van der Waals surface area (Å²) in [6.07, 6.45) is 43.4. The third-order valence-electron chi connectivity index (χ3n) is 15.8. The van der Waals surface area contributed by atoms with Gasteiger partial charge in [-0.2, -0.15) is 0 Å². The third-order valence-corrected chi connectivity index (χ3v) is 17.7. The molecule has 0 fully saturated rings. The van der Waals surface area contributed by atoms with Crippen LogP contribution in [0.2, 0.25) is 0 Å². The Morgan fingerprint density at radius 2 is 0.593 bits per heavy atom. The second-order valence-corrected chi connectivity index (χ2v) is 27.8. The maximum absolute atomic E-state index is 13.0. The Morgan fingerprint density at radius 3 is 0.884 bits per heavy atom. The van der Waals surface area contributed by atoms with Gasteiger partial charge in [0.1, 0.15) is 19.3 Å². The first-order valence-electron chi connectivity index (χ1n) is 35.0. The fourth-order valence-corrected chi connectivity index (χ4v) is 11.6. The number of esters is 4. The Kier molecular flexibility index (Phi) is 58.0. The van der Waals surface area contributed by atoms with Crippen LogP contribution < -0.4 is 0 Å². The molecule has 0 heterocycles. The quantitative estimate of drug-likeness (QED) is 0.0222. The van der Waals surface area contributed by atoms with Gasteiger partial charge in [-0.05, 0) is 37.5 Å². The zero-order valence-corrected chi connectivity index (χ0v) is 57.4. The van der Waals surface area contributed by atoms with Crippen molar-refractivity contribution >= 4 is 39.5 Å². The zero-order valence-electron chi connectivity index (χ0n) is 55.6. The predicted molar refractivity (Wildman–Crippen MR) is 345 cm³/mol. The average Bonchev–Trinajstić information content (AvgIpc) is 3.50. The SMILES string of the molecule is CCCCCCCCCCCCCCCCCCC(=O)O[C@H](COC(=O)CCCCCCCCCCCCC(C)C)COP(=O)(O)OC[C@@H](O)COP(=O)(O)OC[C@@H](COC(=O)CCCCCCC)OC(=O)CCCCCCCCCCC(C)CC. The summed E-state index contributed by atoms with van der Waals surface area (Å²) in [5.74, 6) is -0.611. The van der Waals surface area contributed by atoms with E-state index in [4.69, 9.17) is 37.0 Å². The number of carbonyl (C=O) groups is 4. The Hall–Kier alpha value is -1.94. The minimum atomic E-state index is -4.95. The number of hydrogen-bond acceptors (Lipinski definition) is 15. The van der Waals surface area contributed by atoms with Gasteiger partial charge in [0.25, 0.3) is 0 Å². The molecule has 86 heavy (non-hydrogen) atoms. The van der Waals surface area contributed by atoms with Gasteiger partial charge in [-0.1, -0.05) is 286 Å². The number of aliphatic hydroxyl groups excluding tert-OH is 1. The number of hydrogen-bond donors (Lipinski definition) is 3. The van der Waals surface area contributed by atoms with Crippen molar-refractivity contribution in [1.29, 1.82) is 0 Å². The van der Waals surface area contributed by atoms with E-state index in [1.807, 2.05) is 0 Å².